The molecule has 0 saturated heterocycles. The van der Waals surface area contributed by atoms with E-state index in [1.54, 1.807) is 0 Å². The summed E-state index contributed by atoms with van der Waals surface area (Å²) in [5, 5.41) is 9.93. The molecule has 1 fully saturated rings. The lowest BCUT2D eigenvalue weighted by atomic mass is 10.0. The Morgan fingerprint density at radius 3 is 2.77 bits per heavy atom. The van der Waals surface area contributed by atoms with E-state index >= 15 is 0 Å². The molecule has 1 saturated carbocycles. The number of halogens is 1. The van der Waals surface area contributed by atoms with Crippen molar-refractivity contribution in [2.45, 2.75) is 19.4 Å². The lowest BCUT2D eigenvalue weighted by Gasteiger charge is -2.09. The lowest BCUT2D eigenvalue weighted by Crippen LogP contribution is -2.00. The van der Waals surface area contributed by atoms with Crippen molar-refractivity contribution in [1.29, 1.82) is 0 Å². The average molecular weight is 241 g/mol. The van der Waals surface area contributed by atoms with E-state index in [9.17, 15) is 5.11 Å². The van der Waals surface area contributed by atoms with Gasteiger partial charge in [-0.2, -0.15) is 0 Å². The maximum absolute atomic E-state index is 9.93. The monoisotopic (exact) mass is 240 g/mol. The molecule has 0 bridgehead atoms. The van der Waals surface area contributed by atoms with Crippen LogP contribution >= 0.6 is 15.9 Å². The molecule has 1 aromatic rings. The summed E-state index contributed by atoms with van der Waals surface area (Å²) in [6.45, 7) is 2.19. The molecule has 1 aliphatic rings. The molecule has 0 aliphatic heterocycles. The molecule has 3 unspecified atom stereocenters. The van der Waals surface area contributed by atoms with Gasteiger partial charge in [-0.3, -0.25) is 0 Å². The Balaban J connectivity index is 2.15. The third-order valence-corrected chi connectivity index (χ3v) is 3.26. The van der Waals surface area contributed by atoms with Gasteiger partial charge in [0.1, 0.15) is 0 Å². The van der Waals surface area contributed by atoms with Crippen LogP contribution in [0, 0.1) is 11.8 Å². The highest BCUT2D eigenvalue weighted by Gasteiger charge is 2.39. The van der Waals surface area contributed by atoms with E-state index in [0.29, 0.717) is 11.8 Å². The van der Waals surface area contributed by atoms with Gasteiger partial charge in [0.05, 0.1) is 6.10 Å². The van der Waals surface area contributed by atoms with Crippen molar-refractivity contribution in [1.82, 2.24) is 0 Å². The second-order valence-corrected chi connectivity index (χ2v) is 4.79. The van der Waals surface area contributed by atoms with Gasteiger partial charge < -0.3 is 5.11 Å². The summed E-state index contributed by atoms with van der Waals surface area (Å²) in [4.78, 5) is 0. The van der Waals surface area contributed by atoms with E-state index < -0.39 is 0 Å². The first-order chi connectivity index (χ1) is 6.18. The number of hydrogen-bond donors (Lipinski definition) is 1. The Morgan fingerprint density at radius 1 is 1.54 bits per heavy atom. The number of aliphatic hydroxyl groups is 1. The SMILES string of the molecule is CC1CC1C(O)c1cccc(Br)c1. The molecule has 0 aromatic heterocycles. The Morgan fingerprint density at radius 2 is 2.23 bits per heavy atom. The van der Waals surface area contributed by atoms with E-state index in [2.05, 4.69) is 22.9 Å². The number of hydrogen-bond acceptors (Lipinski definition) is 1. The summed E-state index contributed by atoms with van der Waals surface area (Å²) in [5.74, 6) is 1.17. The fraction of sp³-hybridized carbons (Fsp3) is 0.455. The summed E-state index contributed by atoms with van der Waals surface area (Å²) >= 11 is 3.40. The normalized spacial score (nSPS) is 28.5. The predicted molar refractivity (Wildman–Crippen MR) is 56.4 cm³/mol. The van der Waals surface area contributed by atoms with Gasteiger partial charge >= 0.3 is 0 Å². The van der Waals surface area contributed by atoms with E-state index in [1.807, 2.05) is 24.3 Å². The van der Waals surface area contributed by atoms with E-state index in [0.717, 1.165) is 16.5 Å². The zero-order chi connectivity index (χ0) is 9.42. The molecule has 1 aromatic carbocycles. The van der Waals surface area contributed by atoms with Crippen LogP contribution < -0.4 is 0 Å². The van der Waals surface area contributed by atoms with Crippen LogP contribution in [0.5, 0.6) is 0 Å². The van der Waals surface area contributed by atoms with Gasteiger partial charge in [0.2, 0.25) is 0 Å². The summed E-state index contributed by atoms with van der Waals surface area (Å²) in [7, 11) is 0. The topological polar surface area (TPSA) is 20.2 Å². The lowest BCUT2D eigenvalue weighted by molar-refractivity contribution is 0.148. The second-order valence-electron chi connectivity index (χ2n) is 3.88. The van der Waals surface area contributed by atoms with Crippen LogP contribution in [0.15, 0.2) is 28.7 Å². The smallest absolute Gasteiger partial charge is 0.0821 e. The van der Waals surface area contributed by atoms with Crippen LogP contribution in [0.25, 0.3) is 0 Å². The van der Waals surface area contributed by atoms with E-state index in [4.69, 9.17) is 0 Å². The van der Waals surface area contributed by atoms with Gasteiger partial charge in [-0.1, -0.05) is 35.0 Å². The summed E-state index contributed by atoms with van der Waals surface area (Å²) in [5.41, 5.74) is 1.03. The van der Waals surface area contributed by atoms with Crippen LogP contribution in [-0.2, 0) is 0 Å². The third-order valence-electron chi connectivity index (χ3n) is 2.77. The molecule has 1 nitrogen and oxygen atoms in total. The molecule has 1 aliphatic carbocycles. The van der Waals surface area contributed by atoms with Crippen molar-refractivity contribution < 1.29 is 5.11 Å². The number of rotatable bonds is 2. The van der Waals surface area contributed by atoms with Crippen molar-refractivity contribution >= 4 is 15.9 Å². The average Bonchev–Trinajstić information content (AvgIpc) is 2.81. The zero-order valence-corrected chi connectivity index (χ0v) is 9.16. The highest BCUT2D eigenvalue weighted by atomic mass is 79.9. The van der Waals surface area contributed by atoms with Crippen LogP contribution in [0.3, 0.4) is 0 Å². The summed E-state index contributed by atoms with van der Waals surface area (Å²) in [6, 6.07) is 7.93. The van der Waals surface area contributed by atoms with Crippen LogP contribution in [0.4, 0.5) is 0 Å². The third kappa shape index (κ3) is 1.94. The minimum Gasteiger partial charge on any atom is -0.388 e. The van der Waals surface area contributed by atoms with Crippen molar-refractivity contribution in [2.24, 2.45) is 11.8 Å². The molecule has 0 spiro atoms. The molecule has 0 radical (unpaired) electrons. The molecule has 13 heavy (non-hydrogen) atoms. The number of benzene rings is 1. The first kappa shape index (κ1) is 9.22. The molecular formula is C11H13BrO. The Kier molecular flexibility index (Phi) is 2.43. The Hall–Kier alpha value is -0.340. The first-order valence-electron chi connectivity index (χ1n) is 4.62. The minimum atomic E-state index is -0.271. The van der Waals surface area contributed by atoms with E-state index in [-0.39, 0.29) is 6.10 Å². The van der Waals surface area contributed by atoms with Gasteiger partial charge in [0.15, 0.2) is 0 Å². The molecule has 70 valence electrons. The first-order valence-corrected chi connectivity index (χ1v) is 5.41. The Bertz CT molecular complexity index is 311. The minimum absolute atomic E-state index is 0.271. The zero-order valence-electron chi connectivity index (χ0n) is 7.57. The van der Waals surface area contributed by atoms with Gasteiger partial charge in [-0.25, -0.2) is 0 Å². The van der Waals surface area contributed by atoms with Gasteiger partial charge in [0.25, 0.3) is 0 Å². The largest absolute Gasteiger partial charge is 0.388 e. The standard InChI is InChI=1S/C11H13BrO/c1-7-5-10(7)11(13)8-3-2-4-9(12)6-8/h2-4,6-7,10-11,13H,5H2,1H3. The maximum Gasteiger partial charge on any atom is 0.0821 e. The van der Waals surface area contributed by atoms with Crippen molar-refractivity contribution in [3.63, 3.8) is 0 Å². The van der Waals surface area contributed by atoms with Crippen LogP contribution in [-0.4, -0.2) is 5.11 Å². The maximum atomic E-state index is 9.93. The Labute approximate surface area is 86.9 Å². The van der Waals surface area contributed by atoms with Crippen LogP contribution in [0.2, 0.25) is 0 Å². The van der Waals surface area contributed by atoms with E-state index in [1.165, 1.54) is 0 Å². The molecule has 3 atom stereocenters. The summed E-state index contributed by atoms with van der Waals surface area (Å²) < 4.78 is 1.04. The van der Waals surface area contributed by atoms with Crippen molar-refractivity contribution in [3.8, 4) is 0 Å². The predicted octanol–water partition coefficient (Wildman–Crippen LogP) is 3.14. The van der Waals surface area contributed by atoms with Gasteiger partial charge in [-0.15, -0.1) is 0 Å². The molecule has 2 heteroatoms. The summed E-state index contributed by atoms with van der Waals surface area (Å²) in [6.07, 6.45) is 0.890. The molecule has 1 N–H and O–H groups in total. The molecule has 0 heterocycles. The quantitative estimate of drug-likeness (QED) is 0.843. The van der Waals surface area contributed by atoms with Crippen molar-refractivity contribution in [3.05, 3.63) is 34.3 Å². The number of aliphatic hydroxyl groups excluding tert-OH is 1. The highest BCUT2D eigenvalue weighted by Crippen LogP contribution is 2.46. The van der Waals surface area contributed by atoms with Crippen LogP contribution in [0.1, 0.15) is 25.0 Å². The molecule has 0 amide bonds. The highest BCUT2D eigenvalue weighted by molar-refractivity contribution is 9.10. The van der Waals surface area contributed by atoms with Gasteiger partial charge in [0, 0.05) is 4.47 Å². The second kappa shape index (κ2) is 3.43. The fourth-order valence-corrected chi connectivity index (χ4v) is 2.15. The molecule has 2 rings (SSSR count). The van der Waals surface area contributed by atoms with Gasteiger partial charge in [-0.05, 0) is 36.0 Å². The fourth-order valence-electron chi connectivity index (χ4n) is 1.73. The molecular weight excluding hydrogens is 228 g/mol. The van der Waals surface area contributed by atoms with Crippen molar-refractivity contribution in [2.75, 3.05) is 0 Å².